The van der Waals surface area contributed by atoms with E-state index in [9.17, 15) is 26.4 Å². The summed E-state index contributed by atoms with van der Waals surface area (Å²) in [5.41, 5.74) is -5.07. The van der Waals surface area contributed by atoms with Crippen molar-refractivity contribution in [2.45, 2.75) is 208 Å². The predicted octanol–water partition coefficient (Wildman–Crippen LogP) is 11.8. The molecular formula is C40H91F3KNO5S. The molecule has 0 atom stereocenters. The third-order valence-corrected chi connectivity index (χ3v) is 8.71. The minimum atomic E-state index is -5.69. The van der Waals surface area contributed by atoms with Crippen LogP contribution in [0.5, 0.6) is 0 Å². The second-order valence-electron chi connectivity index (χ2n) is 14.1. The molecule has 1 amide bonds. The van der Waals surface area contributed by atoms with Gasteiger partial charge in [-0.25, -0.2) is 8.42 Å². The number of amides is 1. The topological polar surface area (TPSA) is 83.8 Å². The normalized spacial score (nSPS) is 12.6. The van der Waals surface area contributed by atoms with Gasteiger partial charge in [0.2, 0.25) is 0 Å². The smallest absolute Gasteiger partial charge is 0.538 e. The number of carbonyl (C=O) groups excluding carboxylic acids is 1. The van der Waals surface area contributed by atoms with Gasteiger partial charge in [-0.15, -0.1) is 0 Å². The van der Waals surface area contributed by atoms with Crippen LogP contribution in [-0.4, -0.2) is 46.8 Å². The summed E-state index contributed by atoms with van der Waals surface area (Å²) >= 11 is 0. The van der Waals surface area contributed by atoms with Crippen LogP contribution in [0.2, 0.25) is 0 Å². The number of sulfonamides is 1. The number of carbonyl (C=O) groups is 1. The molecule has 0 aromatic rings. The Labute approximate surface area is 362 Å². The van der Waals surface area contributed by atoms with Crippen molar-refractivity contribution in [3.63, 3.8) is 0 Å². The van der Waals surface area contributed by atoms with Crippen LogP contribution in [0.25, 0.3) is 4.72 Å². The SMILES string of the molecule is C.C.C.C.C.C.CC(C)C1CCCCC1.CC(C)CCCCCCCCCCC(=O)[N-]S(=O)(=O)C(F)(F)F.COCCOCCCC(C)(C)C.[K+]. The standard InChI is InChI=1S/C15H28F3NO3S.C10H22O2.C9H18.6CH4.K/c1-13(2)11-9-7-5-3-4-6-8-10-12-14(20)19-23(21,22)15(16,17)18;1-10(2,3)6-5-7-12-9-8-11-4;1-8(2)9-6-4-3-5-7-9;;;;;;;/h13H,3-12H2,1-2H3,(H,19,20);5-9H2,1-4H3;8-9H,3-7H2,1-2H3;6*1H4;/q;;;;;;;;;+1/p-1. The molecule has 1 fully saturated rings. The Morgan fingerprint density at radius 1 is 0.725 bits per heavy atom. The molecule has 0 aromatic carbocycles. The number of nitrogens with zero attached hydrogens (tertiary/aromatic N) is 1. The molecule has 0 N–H and O–H groups in total. The summed E-state index contributed by atoms with van der Waals surface area (Å²) in [5, 5.41) is 0. The quantitative estimate of drug-likeness (QED) is 0.0960. The minimum absolute atomic E-state index is 0. The van der Waals surface area contributed by atoms with Crippen LogP contribution in [0, 0.1) is 23.2 Å². The number of unbranched alkanes of at least 4 members (excludes halogenated alkanes) is 7. The van der Waals surface area contributed by atoms with Gasteiger partial charge in [-0.1, -0.05) is 176 Å². The van der Waals surface area contributed by atoms with E-state index in [1.807, 2.05) is 0 Å². The molecule has 6 nitrogen and oxygen atoms in total. The van der Waals surface area contributed by atoms with Crippen molar-refractivity contribution in [3.05, 3.63) is 4.72 Å². The van der Waals surface area contributed by atoms with Crippen LogP contribution in [0.15, 0.2) is 0 Å². The molecule has 0 bridgehead atoms. The Kier molecular flexibility index (Phi) is 62.2. The molecule has 0 saturated heterocycles. The molecule has 1 aliphatic rings. The largest absolute Gasteiger partial charge is 1.00 e. The average Bonchev–Trinajstić information content (AvgIpc) is 2.91. The van der Waals surface area contributed by atoms with Crippen LogP contribution in [0.1, 0.15) is 202 Å². The zero-order valence-corrected chi connectivity index (χ0v) is 34.3. The van der Waals surface area contributed by atoms with Gasteiger partial charge in [-0.05, 0) is 48.9 Å². The fraction of sp³-hybridized carbons (Fsp3) is 0.975. The molecule has 0 aliphatic heterocycles. The monoisotopic (exact) mass is 794 g/mol. The van der Waals surface area contributed by atoms with Crippen LogP contribution in [0.3, 0.4) is 0 Å². The summed E-state index contributed by atoms with van der Waals surface area (Å²) in [6.45, 7) is 18.2. The Hall–Kier alpha value is 0.766. The first kappa shape index (κ1) is 72.9. The third-order valence-electron chi connectivity index (χ3n) is 7.68. The van der Waals surface area contributed by atoms with Gasteiger partial charge in [0.05, 0.1) is 19.1 Å². The summed E-state index contributed by atoms with van der Waals surface area (Å²) in [6.07, 6.45) is 18.5. The number of ether oxygens (including phenoxy) is 2. The van der Waals surface area contributed by atoms with Gasteiger partial charge in [0, 0.05) is 13.7 Å². The van der Waals surface area contributed by atoms with Crippen molar-refractivity contribution in [2.75, 3.05) is 26.9 Å². The van der Waals surface area contributed by atoms with Gasteiger partial charge in [0.25, 0.3) is 0 Å². The zero-order chi connectivity index (χ0) is 34.1. The molecule has 0 spiro atoms. The van der Waals surface area contributed by atoms with Crippen molar-refractivity contribution in [3.8, 4) is 0 Å². The first-order valence-corrected chi connectivity index (χ1v) is 18.5. The molecule has 51 heavy (non-hydrogen) atoms. The number of hydrogen-bond acceptors (Lipinski definition) is 5. The summed E-state index contributed by atoms with van der Waals surface area (Å²) in [5.74, 6) is 1.50. The maximum atomic E-state index is 12.0. The second-order valence-corrected chi connectivity index (χ2v) is 15.7. The van der Waals surface area contributed by atoms with E-state index < -0.39 is 21.4 Å². The molecular weight excluding hydrogens is 703 g/mol. The van der Waals surface area contributed by atoms with Gasteiger partial charge >= 0.3 is 56.9 Å². The van der Waals surface area contributed by atoms with Crippen LogP contribution in [-0.2, 0) is 24.3 Å². The van der Waals surface area contributed by atoms with Gasteiger partial charge in [-0.2, -0.15) is 13.2 Å². The second kappa shape index (κ2) is 43.5. The van der Waals surface area contributed by atoms with E-state index in [1.54, 1.807) is 7.11 Å². The Morgan fingerprint density at radius 2 is 1.18 bits per heavy atom. The van der Waals surface area contributed by atoms with Crippen LogP contribution in [0.4, 0.5) is 13.2 Å². The molecule has 0 aromatic heterocycles. The van der Waals surface area contributed by atoms with E-state index in [0.29, 0.717) is 24.9 Å². The fourth-order valence-electron chi connectivity index (χ4n) is 4.87. The maximum absolute atomic E-state index is 12.0. The van der Waals surface area contributed by atoms with E-state index in [-0.39, 0.29) is 102 Å². The van der Waals surface area contributed by atoms with Crippen molar-refractivity contribution in [1.29, 1.82) is 0 Å². The summed E-state index contributed by atoms with van der Waals surface area (Å²) in [7, 11) is -3.99. The van der Waals surface area contributed by atoms with Crippen molar-refractivity contribution < 1.29 is 87.2 Å². The molecule has 1 aliphatic carbocycles. The average molecular weight is 794 g/mol. The van der Waals surface area contributed by atoms with Crippen LogP contribution < -0.4 is 51.4 Å². The minimum Gasteiger partial charge on any atom is -0.538 e. The number of alkyl halides is 3. The maximum Gasteiger partial charge on any atom is 1.00 e. The van der Waals surface area contributed by atoms with E-state index in [0.717, 1.165) is 56.7 Å². The van der Waals surface area contributed by atoms with Gasteiger partial charge < -0.3 is 19.0 Å². The van der Waals surface area contributed by atoms with Crippen molar-refractivity contribution >= 4 is 15.9 Å². The number of methoxy groups -OCH3 is 1. The van der Waals surface area contributed by atoms with Gasteiger partial charge in [0.1, 0.15) is 0 Å². The first-order valence-electron chi connectivity index (χ1n) is 17.1. The molecule has 0 radical (unpaired) electrons. The Bertz CT molecular complexity index is 784. The van der Waals surface area contributed by atoms with Gasteiger partial charge in [0.15, 0.2) is 10.0 Å². The molecule has 1 saturated carbocycles. The summed E-state index contributed by atoms with van der Waals surface area (Å²) in [4.78, 5) is 11.1. The molecule has 314 valence electrons. The molecule has 1 rings (SSSR count). The third kappa shape index (κ3) is 50.8. The Balaban J connectivity index is -0.0000000769. The number of rotatable bonds is 19. The van der Waals surface area contributed by atoms with E-state index >= 15 is 0 Å². The summed E-state index contributed by atoms with van der Waals surface area (Å²) < 4.78 is 69.8. The molecule has 11 heteroatoms. The predicted molar refractivity (Wildman–Crippen MR) is 218 cm³/mol. The van der Waals surface area contributed by atoms with E-state index in [1.165, 1.54) is 64.2 Å². The van der Waals surface area contributed by atoms with Crippen molar-refractivity contribution in [1.82, 2.24) is 0 Å². The summed E-state index contributed by atoms with van der Waals surface area (Å²) in [6, 6.07) is 0. The van der Waals surface area contributed by atoms with Crippen molar-refractivity contribution in [2.24, 2.45) is 23.2 Å². The fourth-order valence-corrected chi connectivity index (χ4v) is 5.33. The number of hydrogen-bond donors (Lipinski definition) is 0. The van der Waals surface area contributed by atoms with E-state index in [2.05, 4.69) is 53.2 Å². The van der Waals surface area contributed by atoms with Crippen LogP contribution >= 0.6 is 0 Å². The zero-order valence-electron chi connectivity index (χ0n) is 30.4. The van der Waals surface area contributed by atoms with Gasteiger partial charge in [-0.3, -0.25) is 0 Å². The Morgan fingerprint density at radius 3 is 1.55 bits per heavy atom. The number of halogens is 3. The van der Waals surface area contributed by atoms with E-state index in [4.69, 9.17) is 9.47 Å². The molecule has 0 unspecified atom stereocenters. The first-order chi connectivity index (χ1) is 20.4. The molecule has 0 heterocycles.